The highest BCUT2D eigenvalue weighted by Gasteiger charge is 2.51. The van der Waals surface area contributed by atoms with Gasteiger partial charge < -0.3 is 15.2 Å². The Labute approximate surface area is 207 Å². The highest BCUT2D eigenvalue weighted by molar-refractivity contribution is 6.04. The lowest BCUT2D eigenvalue weighted by molar-refractivity contribution is -0.169. The van der Waals surface area contributed by atoms with E-state index in [-0.39, 0.29) is 29.2 Å². The Bertz CT molecular complexity index is 1300. The van der Waals surface area contributed by atoms with E-state index in [9.17, 15) is 19.1 Å². The molecule has 7 rings (SSSR count). The molecule has 3 aromatic rings. The second-order valence-corrected chi connectivity index (χ2v) is 10.5. The summed E-state index contributed by atoms with van der Waals surface area (Å²) in [5.41, 5.74) is 0.631. The molecule has 2 aromatic carbocycles. The van der Waals surface area contributed by atoms with Crippen molar-refractivity contribution in [3.63, 3.8) is 0 Å². The topological polar surface area (TPSA) is 106 Å². The third kappa shape index (κ3) is 4.28. The molecule has 0 unspecified atom stereocenters. The van der Waals surface area contributed by atoms with E-state index in [0.29, 0.717) is 29.1 Å². The lowest BCUT2D eigenvalue weighted by atomic mass is 9.54. The van der Waals surface area contributed by atoms with E-state index in [0.717, 1.165) is 24.1 Å². The number of para-hydroxylation sites is 1. The van der Waals surface area contributed by atoms with Gasteiger partial charge in [-0.3, -0.25) is 4.79 Å². The first-order valence-electron chi connectivity index (χ1n) is 12.4. The van der Waals surface area contributed by atoms with Gasteiger partial charge in [-0.15, -0.1) is 15.0 Å². The first-order valence-corrected chi connectivity index (χ1v) is 12.4. The summed E-state index contributed by atoms with van der Waals surface area (Å²) in [6.45, 7) is 0.0958. The van der Waals surface area contributed by atoms with Gasteiger partial charge in [0.25, 0.3) is 5.91 Å². The molecule has 1 amide bonds. The Morgan fingerprint density at radius 3 is 2.39 bits per heavy atom. The normalized spacial score (nSPS) is 26.2. The Morgan fingerprint density at radius 2 is 1.72 bits per heavy atom. The molecule has 1 aromatic heterocycles. The van der Waals surface area contributed by atoms with Crippen LogP contribution in [-0.4, -0.2) is 37.6 Å². The van der Waals surface area contributed by atoms with E-state index < -0.39 is 17.7 Å². The summed E-state index contributed by atoms with van der Waals surface area (Å²) in [7, 11) is 0. The van der Waals surface area contributed by atoms with Crippen LogP contribution in [0.15, 0.2) is 48.5 Å². The molecule has 4 bridgehead atoms. The molecule has 4 aliphatic carbocycles. The number of amides is 1. The number of hydrogen-bond donors (Lipinski definition) is 2. The summed E-state index contributed by atoms with van der Waals surface area (Å²) < 4.78 is 21.0. The van der Waals surface area contributed by atoms with Gasteiger partial charge in [-0.25, -0.2) is 9.18 Å². The number of carboxylic acids is 1. The number of halogens is 1. The van der Waals surface area contributed by atoms with Crippen LogP contribution in [0.3, 0.4) is 0 Å². The number of carbonyl (C=O) groups excluding carboxylic acids is 1. The number of aromatic nitrogens is 3. The SMILES string of the molecule is O=C(O)c1cccc(NC(=O)c2nn(-c3ccccc3F)nc2COC23CC4CC(CC(C4)C2)C3)c1. The van der Waals surface area contributed by atoms with Crippen molar-refractivity contribution in [2.45, 2.75) is 50.7 Å². The van der Waals surface area contributed by atoms with Crippen LogP contribution in [0.25, 0.3) is 5.69 Å². The van der Waals surface area contributed by atoms with Gasteiger partial charge in [0.15, 0.2) is 11.5 Å². The molecule has 0 saturated heterocycles. The monoisotopic (exact) mass is 490 g/mol. The lowest BCUT2D eigenvalue weighted by Gasteiger charge is -2.56. The average molecular weight is 491 g/mol. The number of rotatable bonds is 7. The molecule has 4 saturated carbocycles. The van der Waals surface area contributed by atoms with Crippen molar-refractivity contribution in [2.24, 2.45) is 17.8 Å². The van der Waals surface area contributed by atoms with Crippen molar-refractivity contribution in [3.05, 3.63) is 71.3 Å². The fourth-order valence-electron chi connectivity index (χ4n) is 6.68. The van der Waals surface area contributed by atoms with Gasteiger partial charge in [-0.2, -0.15) is 0 Å². The maximum Gasteiger partial charge on any atom is 0.335 e. The van der Waals surface area contributed by atoms with Gasteiger partial charge in [0.05, 0.1) is 17.8 Å². The van der Waals surface area contributed by atoms with Crippen molar-refractivity contribution >= 4 is 17.6 Å². The molecule has 2 N–H and O–H groups in total. The number of nitrogens with zero attached hydrogens (tertiary/aromatic N) is 3. The number of aromatic carboxylic acids is 1. The first kappa shape index (κ1) is 22.8. The quantitative estimate of drug-likeness (QED) is 0.491. The summed E-state index contributed by atoms with van der Waals surface area (Å²) in [5, 5.41) is 20.7. The van der Waals surface area contributed by atoms with Gasteiger partial charge in [-0.1, -0.05) is 18.2 Å². The molecule has 0 aliphatic heterocycles. The zero-order valence-corrected chi connectivity index (χ0v) is 19.7. The van der Waals surface area contributed by atoms with E-state index in [4.69, 9.17) is 4.74 Å². The Kier molecular flexibility index (Phi) is 5.59. The largest absolute Gasteiger partial charge is 0.478 e. The van der Waals surface area contributed by atoms with Crippen LogP contribution in [0, 0.1) is 23.6 Å². The summed E-state index contributed by atoms with van der Waals surface area (Å²) in [6, 6.07) is 12.0. The molecule has 4 aliphatic rings. The minimum atomic E-state index is -1.10. The van der Waals surface area contributed by atoms with Crippen molar-refractivity contribution in [2.75, 3.05) is 5.32 Å². The van der Waals surface area contributed by atoms with Crippen molar-refractivity contribution in [1.82, 2.24) is 15.0 Å². The smallest absolute Gasteiger partial charge is 0.335 e. The first-order chi connectivity index (χ1) is 17.4. The fourth-order valence-corrected chi connectivity index (χ4v) is 6.68. The third-order valence-electron chi connectivity index (χ3n) is 7.83. The van der Waals surface area contributed by atoms with Crippen molar-refractivity contribution < 1.29 is 23.8 Å². The maximum atomic E-state index is 14.5. The van der Waals surface area contributed by atoms with Crippen LogP contribution < -0.4 is 5.32 Å². The number of nitrogens with one attached hydrogen (secondary N) is 1. The van der Waals surface area contributed by atoms with Gasteiger partial charge in [0.2, 0.25) is 0 Å². The number of carboxylic acid groups (broad SMARTS) is 1. The summed E-state index contributed by atoms with van der Waals surface area (Å²) >= 11 is 0. The molecular weight excluding hydrogens is 463 g/mol. The predicted molar refractivity (Wildman–Crippen MR) is 128 cm³/mol. The van der Waals surface area contributed by atoms with Crippen LogP contribution >= 0.6 is 0 Å². The standard InChI is InChI=1S/C27H27FN4O4/c28-21-6-1-2-7-23(21)32-30-22(15-36-27-12-16-8-17(13-27)10-18(9-16)14-27)24(31-32)25(33)29-20-5-3-4-19(11-20)26(34)35/h1-7,11,16-18H,8-10,12-15H2,(H,29,33)(H,34,35). The summed E-state index contributed by atoms with van der Waals surface area (Å²) in [6.07, 6.45) is 6.96. The maximum absolute atomic E-state index is 14.5. The Hall–Kier alpha value is -3.59. The second kappa shape index (κ2) is 8.81. The highest BCUT2D eigenvalue weighted by atomic mass is 19.1. The molecule has 8 nitrogen and oxygen atoms in total. The fraction of sp³-hybridized carbons (Fsp3) is 0.407. The van der Waals surface area contributed by atoms with E-state index >= 15 is 0 Å². The number of anilines is 1. The van der Waals surface area contributed by atoms with Crippen LogP contribution in [-0.2, 0) is 11.3 Å². The molecule has 0 radical (unpaired) electrons. The minimum Gasteiger partial charge on any atom is -0.478 e. The Morgan fingerprint density at radius 1 is 1.03 bits per heavy atom. The average Bonchev–Trinajstić information content (AvgIpc) is 3.27. The van der Waals surface area contributed by atoms with Crippen molar-refractivity contribution in [1.29, 1.82) is 0 Å². The molecule has 0 atom stereocenters. The Balaban J connectivity index is 1.29. The lowest BCUT2D eigenvalue weighted by Crippen LogP contribution is -2.51. The van der Waals surface area contributed by atoms with Gasteiger partial charge in [0.1, 0.15) is 11.4 Å². The zero-order valence-electron chi connectivity index (χ0n) is 19.7. The van der Waals surface area contributed by atoms with Crippen LogP contribution in [0.1, 0.15) is 65.1 Å². The number of benzene rings is 2. The van der Waals surface area contributed by atoms with E-state index in [1.165, 1.54) is 43.5 Å². The molecule has 1 heterocycles. The number of carbonyl (C=O) groups is 2. The number of hydrogen-bond acceptors (Lipinski definition) is 5. The van der Waals surface area contributed by atoms with Crippen LogP contribution in [0.5, 0.6) is 0 Å². The molecular formula is C27H27FN4O4. The summed E-state index contributed by atoms with van der Waals surface area (Å²) in [5.74, 6) is -0.0634. The van der Waals surface area contributed by atoms with E-state index in [2.05, 4.69) is 15.5 Å². The summed E-state index contributed by atoms with van der Waals surface area (Å²) in [4.78, 5) is 25.7. The predicted octanol–water partition coefficient (Wildman–Crippen LogP) is 4.84. The molecule has 4 fully saturated rings. The third-order valence-corrected chi connectivity index (χ3v) is 7.83. The molecule has 0 spiro atoms. The van der Waals surface area contributed by atoms with Gasteiger partial charge >= 0.3 is 5.97 Å². The minimum absolute atomic E-state index is 0.0173. The van der Waals surface area contributed by atoms with Gasteiger partial charge in [-0.05, 0) is 86.6 Å². The second-order valence-electron chi connectivity index (χ2n) is 10.5. The van der Waals surface area contributed by atoms with Gasteiger partial charge in [0, 0.05) is 5.69 Å². The molecule has 186 valence electrons. The molecule has 36 heavy (non-hydrogen) atoms. The van der Waals surface area contributed by atoms with E-state index in [1.54, 1.807) is 24.3 Å². The van der Waals surface area contributed by atoms with Crippen molar-refractivity contribution in [3.8, 4) is 5.69 Å². The molecule has 9 heteroatoms. The highest BCUT2D eigenvalue weighted by Crippen LogP contribution is 2.57. The van der Waals surface area contributed by atoms with Crippen LogP contribution in [0.4, 0.5) is 10.1 Å². The number of ether oxygens (including phenoxy) is 1. The van der Waals surface area contributed by atoms with E-state index in [1.807, 2.05) is 0 Å². The zero-order chi connectivity index (χ0) is 24.9. The van der Waals surface area contributed by atoms with Crippen LogP contribution in [0.2, 0.25) is 0 Å².